The smallest absolute Gasteiger partial charge is 0.265 e. The second-order valence-electron chi connectivity index (χ2n) is 2.60. The number of urea groups is 1. The van der Waals surface area contributed by atoms with Gasteiger partial charge in [-0.25, -0.2) is 0 Å². The lowest BCUT2D eigenvalue weighted by Crippen LogP contribution is -2.20. The summed E-state index contributed by atoms with van der Waals surface area (Å²) in [5.41, 5.74) is 8.74. The van der Waals surface area contributed by atoms with E-state index in [2.05, 4.69) is 15.3 Å². The monoisotopic (exact) mass is 205 g/mol. The first kappa shape index (κ1) is 10.7. The van der Waals surface area contributed by atoms with Crippen molar-refractivity contribution in [2.75, 3.05) is 0 Å². The summed E-state index contributed by atoms with van der Waals surface area (Å²) in [5, 5.41) is 5.79. The molecule has 0 bridgehead atoms. The highest BCUT2D eigenvalue weighted by Gasteiger charge is 2.11. The quantitative estimate of drug-likeness (QED) is 0.249. The molecule has 0 aromatic heterocycles. The molecule has 76 valence electrons. The van der Waals surface area contributed by atoms with Crippen LogP contribution >= 0.6 is 0 Å². The van der Waals surface area contributed by atoms with E-state index in [0.29, 0.717) is 5.01 Å². The highest BCUT2D eigenvalue weighted by molar-refractivity contribution is 5.74. The highest BCUT2D eigenvalue weighted by Crippen LogP contribution is 2.06. The number of carbonyl (C=O) groups is 1. The maximum Gasteiger partial charge on any atom is 0.333 e. The maximum atomic E-state index is 11.0. The van der Waals surface area contributed by atoms with Gasteiger partial charge in [-0.05, 0) is 11.1 Å². The fourth-order valence-electron chi connectivity index (χ4n) is 0.978. The lowest BCUT2D eigenvalue weighted by Gasteiger charge is -2.09. The van der Waals surface area contributed by atoms with Crippen molar-refractivity contribution < 1.29 is 4.79 Å². The molecule has 2 amide bonds. The number of benzene rings is 1. The number of nitroso groups, excluding NO2 is 1. The summed E-state index contributed by atoms with van der Waals surface area (Å²) >= 11 is 0. The molecule has 15 heavy (non-hydrogen) atoms. The minimum atomic E-state index is -1.02. The molecule has 7 heteroatoms. The van der Waals surface area contributed by atoms with Gasteiger partial charge in [0.05, 0.1) is 11.8 Å². The Morgan fingerprint density at radius 2 is 2.07 bits per heavy atom. The van der Waals surface area contributed by atoms with Gasteiger partial charge in [-0.3, -0.25) is 4.79 Å². The molecule has 0 heterocycles. The Hall–Kier alpha value is -2.40. The highest BCUT2D eigenvalue weighted by atomic mass is 16.3. The van der Waals surface area contributed by atoms with Crippen LogP contribution in [0.4, 0.5) is 4.79 Å². The predicted octanol–water partition coefficient (Wildman–Crippen LogP) is 2.60. The number of azide groups is 1. The van der Waals surface area contributed by atoms with E-state index in [0.717, 1.165) is 5.56 Å². The van der Waals surface area contributed by atoms with Gasteiger partial charge in [0.2, 0.25) is 0 Å². The van der Waals surface area contributed by atoms with Gasteiger partial charge in [0.15, 0.2) is 0 Å². The van der Waals surface area contributed by atoms with Crippen LogP contribution < -0.4 is 0 Å². The summed E-state index contributed by atoms with van der Waals surface area (Å²) in [6.45, 7) is -0.0117. The summed E-state index contributed by atoms with van der Waals surface area (Å²) < 4.78 is 0. The molecule has 0 aliphatic rings. The standard InChI is InChI=1S/C8H7N5O2/c9-11-10-8(14)13(12-15)6-7-4-2-1-3-5-7/h1-5H,6H2. The first-order valence-corrected chi connectivity index (χ1v) is 4.01. The average molecular weight is 205 g/mol. The zero-order chi connectivity index (χ0) is 11.1. The molecule has 0 spiro atoms. The van der Waals surface area contributed by atoms with Crippen LogP contribution in [0.3, 0.4) is 0 Å². The average Bonchev–Trinajstić information content (AvgIpc) is 2.27. The maximum absolute atomic E-state index is 11.0. The van der Waals surface area contributed by atoms with E-state index in [-0.39, 0.29) is 6.54 Å². The van der Waals surface area contributed by atoms with Crippen LogP contribution in [0.25, 0.3) is 10.4 Å². The van der Waals surface area contributed by atoms with Crippen molar-refractivity contribution in [3.63, 3.8) is 0 Å². The zero-order valence-corrected chi connectivity index (χ0v) is 7.65. The normalized spacial score (nSPS) is 8.80. The van der Waals surface area contributed by atoms with Crippen molar-refractivity contribution in [2.45, 2.75) is 6.54 Å². The molecule has 0 radical (unpaired) electrons. The third kappa shape index (κ3) is 3.09. The van der Waals surface area contributed by atoms with Gasteiger partial charge in [-0.15, -0.1) is 4.91 Å². The van der Waals surface area contributed by atoms with Crippen LogP contribution in [-0.4, -0.2) is 11.0 Å². The van der Waals surface area contributed by atoms with Crippen LogP contribution in [0.2, 0.25) is 0 Å². The number of nitrogens with zero attached hydrogens (tertiary/aromatic N) is 5. The largest absolute Gasteiger partial charge is 0.333 e. The van der Waals surface area contributed by atoms with Crippen LogP contribution in [0.1, 0.15) is 5.56 Å². The van der Waals surface area contributed by atoms with E-state index < -0.39 is 6.03 Å². The fourth-order valence-corrected chi connectivity index (χ4v) is 0.978. The Balaban J connectivity index is 2.74. The number of rotatable bonds is 3. The Kier molecular flexibility index (Phi) is 3.81. The third-order valence-corrected chi connectivity index (χ3v) is 1.62. The molecule has 1 rings (SSSR count). The Morgan fingerprint density at radius 1 is 1.40 bits per heavy atom. The Bertz CT molecular complexity index is 399. The Labute approximate surface area is 84.9 Å². The van der Waals surface area contributed by atoms with E-state index in [9.17, 15) is 9.70 Å². The van der Waals surface area contributed by atoms with Gasteiger partial charge >= 0.3 is 6.03 Å². The summed E-state index contributed by atoms with van der Waals surface area (Å²) in [4.78, 5) is 23.6. The van der Waals surface area contributed by atoms with Gasteiger partial charge < -0.3 is 0 Å². The van der Waals surface area contributed by atoms with Crippen molar-refractivity contribution in [2.24, 2.45) is 10.4 Å². The minimum Gasteiger partial charge on any atom is -0.265 e. The molecule has 7 nitrogen and oxygen atoms in total. The second-order valence-corrected chi connectivity index (χ2v) is 2.60. The lowest BCUT2D eigenvalue weighted by molar-refractivity contribution is 0.206. The number of hydrogen-bond donors (Lipinski definition) is 0. The minimum absolute atomic E-state index is 0.0117. The van der Waals surface area contributed by atoms with Crippen LogP contribution in [0.5, 0.6) is 0 Å². The van der Waals surface area contributed by atoms with Crippen molar-refractivity contribution in [3.8, 4) is 0 Å². The number of amides is 2. The third-order valence-electron chi connectivity index (χ3n) is 1.62. The van der Waals surface area contributed by atoms with E-state index >= 15 is 0 Å². The molecule has 0 fully saturated rings. The van der Waals surface area contributed by atoms with E-state index in [1.807, 2.05) is 0 Å². The topological polar surface area (TPSA) is 98.5 Å². The van der Waals surface area contributed by atoms with Crippen LogP contribution in [-0.2, 0) is 6.54 Å². The summed E-state index contributed by atoms with van der Waals surface area (Å²) in [5.74, 6) is 0. The molecular formula is C8H7N5O2. The van der Waals surface area contributed by atoms with Gasteiger partial charge in [0, 0.05) is 10.0 Å². The molecule has 1 aromatic carbocycles. The fraction of sp³-hybridized carbons (Fsp3) is 0.125. The van der Waals surface area contributed by atoms with Crippen molar-refractivity contribution in [3.05, 3.63) is 51.2 Å². The van der Waals surface area contributed by atoms with E-state index in [1.54, 1.807) is 30.3 Å². The van der Waals surface area contributed by atoms with Crippen molar-refractivity contribution >= 4 is 6.03 Å². The van der Waals surface area contributed by atoms with Crippen molar-refractivity contribution in [1.82, 2.24) is 5.01 Å². The number of hydrogen-bond acceptors (Lipinski definition) is 3. The van der Waals surface area contributed by atoms with Gasteiger partial charge in [-0.2, -0.15) is 5.01 Å². The first-order valence-electron chi connectivity index (χ1n) is 4.01. The second kappa shape index (κ2) is 5.36. The van der Waals surface area contributed by atoms with Gasteiger partial charge in [0.1, 0.15) is 0 Å². The molecular weight excluding hydrogens is 198 g/mol. The van der Waals surface area contributed by atoms with E-state index in [1.165, 1.54) is 0 Å². The van der Waals surface area contributed by atoms with Crippen molar-refractivity contribution in [1.29, 1.82) is 0 Å². The predicted molar refractivity (Wildman–Crippen MR) is 52.3 cm³/mol. The van der Waals surface area contributed by atoms with Gasteiger partial charge in [-0.1, -0.05) is 30.3 Å². The summed E-state index contributed by atoms with van der Waals surface area (Å²) in [6, 6.07) is 7.75. The molecule has 0 aliphatic carbocycles. The molecule has 0 aliphatic heterocycles. The van der Waals surface area contributed by atoms with Gasteiger partial charge in [0.25, 0.3) is 0 Å². The summed E-state index contributed by atoms with van der Waals surface area (Å²) in [7, 11) is 0. The lowest BCUT2D eigenvalue weighted by atomic mass is 10.2. The Morgan fingerprint density at radius 3 is 2.60 bits per heavy atom. The summed E-state index contributed by atoms with van der Waals surface area (Å²) in [6.07, 6.45) is 0. The van der Waals surface area contributed by atoms with Crippen LogP contribution in [0.15, 0.2) is 40.7 Å². The molecule has 1 aromatic rings. The molecule has 0 atom stereocenters. The van der Waals surface area contributed by atoms with E-state index in [4.69, 9.17) is 5.53 Å². The number of carbonyl (C=O) groups excluding carboxylic acids is 1. The SMILES string of the molecule is [N-]=[N+]=NC(=O)N(Cc1ccccc1)N=O. The molecule has 0 N–H and O–H groups in total. The van der Waals surface area contributed by atoms with Crippen LogP contribution in [0, 0.1) is 4.91 Å². The molecule has 0 saturated heterocycles. The first-order chi connectivity index (χ1) is 7.27. The molecule has 0 saturated carbocycles. The molecule has 0 unspecified atom stereocenters. The zero-order valence-electron chi connectivity index (χ0n) is 7.65.